The second-order valence-corrected chi connectivity index (χ2v) is 6.28. The summed E-state index contributed by atoms with van der Waals surface area (Å²) >= 11 is 1.89. The van der Waals surface area contributed by atoms with Gasteiger partial charge in [0, 0.05) is 31.7 Å². The Bertz CT molecular complexity index is 617. The molecule has 6 nitrogen and oxygen atoms in total. The lowest BCUT2D eigenvalue weighted by molar-refractivity contribution is 0.734. The van der Waals surface area contributed by atoms with Crippen LogP contribution in [0.15, 0.2) is 41.8 Å². The second kappa shape index (κ2) is 13.0. The van der Waals surface area contributed by atoms with Crippen LogP contribution in [0.5, 0.6) is 0 Å². The zero-order valence-electron chi connectivity index (χ0n) is 14.8. The molecule has 0 saturated heterocycles. The maximum Gasteiger partial charge on any atom is 0.191 e. The molecule has 0 radical (unpaired) electrons. The molecule has 8 heteroatoms. The second-order valence-electron chi connectivity index (χ2n) is 5.29. The normalized spacial score (nSPS) is 11.0. The number of hydrogen-bond acceptors (Lipinski definition) is 4. The van der Waals surface area contributed by atoms with E-state index in [1.165, 1.54) is 12.2 Å². The van der Waals surface area contributed by atoms with Crippen LogP contribution in [0.1, 0.15) is 25.3 Å². The quantitative estimate of drug-likeness (QED) is 0.253. The zero-order valence-corrected chi connectivity index (χ0v) is 18.0. The Morgan fingerprint density at radius 2 is 2.16 bits per heavy atom. The van der Waals surface area contributed by atoms with Crippen LogP contribution in [0.25, 0.3) is 5.82 Å². The summed E-state index contributed by atoms with van der Waals surface area (Å²) in [5, 5.41) is 10.9. The van der Waals surface area contributed by atoms with E-state index < -0.39 is 0 Å². The molecule has 0 fully saturated rings. The van der Waals surface area contributed by atoms with Crippen molar-refractivity contribution in [3.05, 3.63) is 42.4 Å². The Balaban J connectivity index is 0.00000312. The molecule has 0 bridgehead atoms. The van der Waals surface area contributed by atoms with E-state index in [1.54, 1.807) is 17.1 Å². The van der Waals surface area contributed by atoms with Crippen molar-refractivity contribution in [2.24, 2.45) is 4.99 Å². The summed E-state index contributed by atoms with van der Waals surface area (Å²) in [6.07, 6.45) is 9.96. The summed E-state index contributed by atoms with van der Waals surface area (Å²) in [7, 11) is 0. The highest BCUT2D eigenvalue weighted by atomic mass is 127. The van der Waals surface area contributed by atoms with Crippen LogP contribution >= 0.6 is 35.7 Å². The van der Waals surface area contributed by atoms with Gasteiger partial charge in [-0.3, -0.25) is 0 Å². The molecule has 0 aliphatic rings. The Morgan fingerprint density at radius 1 is 1.28 bits per heavy atom. The molecule has 0 aliphatic carbocycles. The van der Waals surface area contributed by atoms with Gasteiger partial charge in [0.1, 0.15) is 0 Å². The van der Waals surface area contributed by atoms with Crippen LogP contribution in [-0.4, -0.2) is 45.8 Å². The van der Waals surface area contributed by atoms with E-state index in [-0.39, 0.29) is 24.0 Å². The first kappa shape index (κ1) is 21.8. The first-order valence-electron chi connectivity index (χ1n) is 8.29. The fourth-order valence-corrected chi connectivity index (χ4v) is 2.67. The minimum absolute atomic E-state index is 0. The molecule has 25 heavy (non-hydrogen) atoms. The maximum absolute atomic E-state index is 4.66. The average Bonchev–Trinajstić information content (AvgIpc) is 3.14. The lowest BCUT2D eigenvalue weighted by Crippen LogP contribution is -2.37. The molecule has 0 spiro atoms. The van der Waals surface area contributed by atoms with Crippen molar-refractivity contribution in [2.75, 3.05) is 25.1 Å². The van der Waals surface area contributed by atoms with Gasteiger partial charge >= 0.3 is 0 Å². The van der Waals surface area contributed by atoms with Crippen LogP contribution in [0.4, 0.5) is 0 Å². The number of nitrogens with one attached hydrogen (secondary N) is 2. The molecule has 0 unspecified atom stereocenters. The van der Waals surface area contributed by atoms with Crippen molar-refractivity contribution in [3.8, 4) is 5.82 Å². The molecular weight excluding hydrogens is 447 g/mol. The number of guanidine groups is 1. The highest BCUT2D eigenvalue weighted by molar-refractivity contribution is 14.0. The predicted octanol–water partition coefficient (Wildman–Crippen LogP) is 3.08. The molecule has 0 aliphatic heterocycles. The van der Waals surface area contributed by atoms with Crippen molar-refractivity contribution >= 4 is 41.7 Å². The first-order chi connectivity index (χ1) is 11.8. The van der Waals surface area contributed by atoms with Gasteiger partial charge in [0.15, 0.2) is 11.8 Å². The summed E-state index contributed by atoms with van der Waals surface area (Å²) in [5.74, 6) is 2.88. The monoisotopic (exact) mass is 474 g/mol. The average molecular weight is 474 g/mol. The van der Waals surface area contributed by atoms with Crippen molar-refractivity contribution in [1.82, 2.24) is 25.4 Å². The van der Waals surface area contributed by atoms with Crippen LogP contribution < -0.4 is 10.6 Å². The number of hydrogen-bond donors (Lipinski definition) is 2. The van der Waals surface area contributed by atoms with Gasteiger partial charge in [0.2, 0.25) is 0 Å². The molecule has 0 saturated carbocycles. The molecule has 2 aromatic rings. The van der Waals surface area contributed by atoms with E-state index in [0.29, 0.717) is 6.54 Å². The molecule has 0 atom stereocenters. The smallest absolute Gasteiger partial charge is 0.191 e. The van der Waals surface area contributed by atoms with E-state index in [1.807, 2.05) is 36.2 Å². The van der Waals surface area contributed by atoms with Crippen LogP contribution in [-0.2, 0) is 6.54 Å². The van der Waals surface area contributed by atoms with E-state index in [4.69, 9.17) is 0 Å². The van der Waals surface area contributed by atoms with Gasteiger partial charge in [-0.25, -0.2) is 14.7 Å². The number of thioether (sulfide) groups is 1. The third-order valence-corrected chi connectivity index (χ3v) is 4.08. The number of rotatable bonds is 9. The number of aromatic nitrogens is 3. The molecule has 2 N–H and O–H groups in total. The molecule has 2 rings (SSSR count). The number of halogens is 1. The lowest BCUT2D eigenvalue weighted by atomic mass is 10.2. The fourth-order valence-electron chi connectivity index (χ4n) is 2.18. The van der Waals surface area contributed by atoms with Crippen LogP contribution in [0.3, 0.4) is 0 Å². The minimum Gasteiger partial charge on any atom is -0.357 e. The molecule has 0 amide bonds. The number of nitrogens with zero attached hydrogens (tertiary/aromatic N) is 4. The third kappa shape index (κ3) is 8.08. The molecule has 138 valence electrons. The largest absolute Gasteiger partial charge is 0.357 e. The Hall–Kier alpha value is -1.29. The molecule has 2 aromatic heterocycles. The Kier molecular flexibility index (Phi) is 11.3. The summed E-state index contributed by atoms with van der Waals surface area (Å²) in [6.45, 7) is 4.48. The SMILES string of the molecule is CCNC(=NCc1ccnc(-n2cccn2)c1)NCCCCSC.I. The van der Waals surface area contributed by atoms with Crippen molar-refractivity contribution < 1.29 is 0 Å². The van der Waals surface area contributed by atoms with Crippen molar-refractivity contribution in [1.29, 1.82) is 0 Å². The minimum atomic E-state index is 0. The third-order valence-electron chi connectivity index (χ3n) is 3.38. The van der Waals surface area contributed by atoms with Crippen molar-refractivity contribution in [2.45, 2.75) is 26.3 Å². The maximum atomic E-state index is 4.66. The molecule has 2 heterocycles. The van der Waals surface area contributed by atoms with Crippen LogP contribution in [0, 0.1) is 0 Å². The number of unbranched alkanes of at least 4 members (excludes halogenated alkanes) is 1. The fraction of sp³-hybridized carbons (Fsp3) is 0.471. The Morgan fingerprint density at radius 3 is 2.88 bits per heavy atom. The number of pyridine rings is 1. The zero-order chi connectivity index (χ0) is 17.0. The van der Waals surface area contributed by atoms with Gasteiger partial charge in [-0.2, -0.15) is 16.9 Å². The van der Waals surface area contributed by atoms with Gasteiger partial charge < -0.3 is 10.6 Å². The summed E-state index contributed by atoms with van der Waals surface area (Å²) < 4.78 is 1.75. The van der Waals surface area contributed by atoms with Gasteiger partial charge in [0.05, 0.1) is 6.54 Å². The predicted molar refractivity (Wildman–Crippen MR) is 117 cm³/mol. The summed E-state index contributed by atoms with van der Waals surface area (Å²) in [5.41, 5.74) is 1.11. The van der Waals surface area contributed by atoms with E-state index in [0.717, 1.165) is 36.9 Å². The topological polar surface area (TPSA) is 67.1 Å². The van der Waals surface area contributed by atoms with Gasteiger partial charge in [-0.05, 0) is 55.5 Å². The standard InChI is InChI=1S/C17H26N6S.HI/c1-3-18-17(20-8-4-5-12-24-2)21-14-15-7-10-19-16(13-15)23-11-6-9-22-23;/h6-7,9-11,13H,3-5,8,12,14H2,1-2H3,(H2,18,20,21);1H. The summed E-state index contributed by atoms with van der Waals surface area (Å²) in [6, 6.07) is 5.88. The van der Waals surface area contributed by atoms with Gasteiger partial charge in [0.25, 0.3) is 0 Å². The van der Waals surface area contributed by atoms with Crippen LogP contribution in [0.2, 0.25) is 0 Å². The van der Waals surface area contributed by atoms with E-state index >= 15 is 0 Å². The van der Waals surface area contributed by atoms with Gasteiger partial charge in [-0.1, -0.05) is 0 Å². The Labute approximate surface area is 171 Å². The molecule has 0 aromatic carbocycles. The van der Waals surface area contributed by atoms with Crippen molar-refractivity contribution in [3.63, 3.8) is 0 Å². The van der Waals surface area contributed by atoms with Gasteiger partial charge in [-0.15, -0.1) is 24.0 Å². The first-order valence-corrected chi connectivity index (χ1v) is 9.69. The van der Waals surface area contributed by atoms with E-state index in [2.05, 4.69) is 38.9 Å². The highest BCUT2D eigenvalue weighted by Gasteiger charge is 2.01. The molecular formula is C17H27IN6S. The number of aliphatic imine (C=N–C) groups is 1. The van der Waals surface area contributed by atoms with E-state index in [9.17, 15) is 0 Å². The summed E-state index contributed by atoms with van der Waals surface area (Å²) in [4.78, 5) is 9.00. The highest BCUT2D eigenvalue weighted by Crippen LogP contribution is 2.07. The lowest BCUT2D eigenvalue weighted by Gasteiger charge is -2.11.